The summed E-state index contributed by atoms with van der Waals surface area (Å²) in [7, 11) is 0. The van der Waals surface area contributed by atoms with E-state index in [1.54, 1.807) is 0 Å². The monoisotopic (exact) mass is 372 g/mol. The lowest BCUT2D eigenvalue weighted by atomic mass is 9.81. The fraction of sp³-hybridized carbons (Fsp3) is 0.600. The van der Waals surface area contributed by atoms with Crippen LogP contribution in [0.3, 0.4) is 0 Å². The van der Waals surface area contributed by atoms with Gasteiger partial charge in [-0.1, -0.05) is 44.0 Å². The molecule has 21 heavy (non-hydrogen) atoms. The van der Waals surface area contributed by atoms with E-state index >= 15 is 0 Å². The van der Waals surface area contributed by atoms with Crippen molar-refractivity contribution in [3.63, 3.8) is 0 Å². The molecule has 2 nitrogen and oxygen atoms in total. The number of nitrogens with one attached hydrogen (secondary N) is 1. The largest absolute Gasteiger partial charge is 0.314 e. The maximum Gasteiger partial charge on any atom is 0.0455 e. The molecule has 2 rings (SSSR count). The van der Waals surface area contributed by atoms with Crippen molar-refractivity contribution in [3.05, 3.63) is 33.8 Å². The molecular weight excluding hydrogens is 350 g/mol. The third-order valence-corrected chi connectivity index (χ3v) is 4.17. The van der Waals surface area contributed by atoms with Crippen LogP contribution in [0.15, 0.2) is 18.2 Å². The average Bonchev–Trinajstić information content (AvgIpc) is 2.33. The summed E-state index contributed by atoms with van der Waals surface area (Å²) < 4.78 is 0. The molecule has 0 radical (unpaired) electrons. The minimum atomic E-state index is 0. The summed E-state index contributed by atoms with van der Waals surface area (Å²) in [5.41, 5.74) is 1.26. The summed E-state index contributed by atoms with van der Waals surface area (Å²) in [6, 6.07) is 6.06. The summed E-state index contributed by atoms with van der Waals surface area (Å²) in [5.74, 6) is 0. The molecule has 0 aromatic heterocycles. The standard InChI is InChI=1S/C15H22Cl2N2.2ClH/c1-15(2,3)14(19-8-6-18-7-9-19)12-10-11(16)4-5-13(12)17;;/h4-5,10,14,18H,6-9H2,1-3H3;2*1H/t14-;;/m0../s1. The molecule has 6 heteroatoms. The lowest BCUT2D eigenvalue weighted by Crippen LogP contribution is -2.48. The Kier molecular flexibility index (Phi) is 8.93. The molecule has 1 aliphatic heterocycles. The average molecular weight is 374 g/mol. The highest BCUT2D eigenvalue weighted by Gasteiger charge is 2.33. The molecule has 1 aromatic rings. The van der Waals surface area contributed by atoms with Crippen molar-refractivity contribution in [1.82, 2.24) is 10.2 Å². The zero-order valence-electron chi connectivity index (χ0n) is 12.7. The Morgan fingerprint density at radius 2 is 1.67 bits per heavy atom. The fourth-order valence-corrected chi connectivity index (χ4v) is 3.28. The summed E-state index contributed by atoms with van der Waals surface area (Å²) in [6.45, 7) is 10.9. The first-order valence-electron chi connectivity index (χ1n) is 6.79. The van der Waals surface area contributed by atoms with Crippen molar-refractivity contribution in [2.75, 3.05) is 26.2 Å². The van der Waals surface area contributed by atoms with Crippen molar-refractivity contribution in [3.8, 4) is 0 Å². The number of rotatable bonds is 2. The van der Waals surface area contributed by atoms with E-state index in [0.717, 1.165) is 41.8 Å². The normalized spacial score (nSPS) is 17.6. The highest BCUT2D eigenvalue weighted by atomic mass is 35.5. The molecule has 0 aliphatic carbocycles. The molecule has 0 spiro atoms. The molecular formula is C15H24Cl4N2. The molecule has 1 aliphatic rings. The predicted octanol–water partition coefficient (Wildman–Crippen LogP) is 4.83. The molecule has 1 fully saturated rings. The third kappa shape index (κ3) is 5.46. The Hall–Kier alpha value is 0.300. The molecule has 1 N–H and O–H groups in total. The first kappa shape index (κ1) is 21.3. The van der Waals surface area contributed by atoms with Crippen molar-refractivity contribution in [2.24, 2.45) is 5.41 Å². The van der Waals surface area contributed by atoms with Crippen LogP contribution in [0.4, 0.5) is 0 Å². The zero-order chi connectivity index (χ0) is 14.0. The molecule has 1 aromatic carbocycles. The van der Waals surface area contributed by atoms with Crippen LogP contribution >= 0.6 is 48.0 Å². The van der Waals surface area contributed by atoms with E-state index in [1.165, 1.54) is 0 Å². The number of nitrogens with zero attached hydrogens (tertiary/aromatic N) is 1. The summed E-state index contributed by atoms with van der Waals surface area (Å²) >= 11 is 12.6. The van der Waals surface area contributed by atoms with Crippen LogP contribution in [0.2, 0.25) is 10.0 Å². The summed E-state index contributed by atoms with van der Waals surface area (Å²) in [5, 5.41) is 4.96. The van der Waals surface area contributed by atoms with Gasteiger partial charge in [-0.25, -0.2) is 0 Å². The second-order valence-electron chi connectivity index (χ2n) is 6.22. The summed E-state index contributed by atoms with van der Waals surface area (Å²) in [6.07, 6.45) is 0. The van der Waals surface area contributed by atoms with Crippen molar-refractivity contribution < 1.29 is 0 Å². The first-order chi connectivity index (χ1) is 8.89. The van der Waals surface area contributed by atoms with E-state index in [-0.39, 0.29) is 30.2 Å². The van der Waals surface area contributed by atoms with Gasteiger partial charge in [0.15, 0.2) is 0 Å². The lowest BCUT2D eigenvalue weighted by Gasteiger charge is -2.43. The van der Waals surface area contributed by atoms with Gasteiger partial charge in [0.25, 0.3) is 0 Å². The van der Waals surface area contributed by atoms with Gasteiger partial charge in [-0.05, 0) is 29.2 Å². The quantitative estimate of drug-likeness (QED) is 0.798. The molecule has 0 saturated carbocycles. The minimum Gasteiger partial charge on any atom is -0.314 e. The number of hydrogen-bond donors (Lipinski definition) is 1. The molecule has 1 heterocycles. The van der Waals surface area contributed by atoms with E-state index in [2.05, 4.69) is 31.0 Å². The SMILES string of the molecule is CC(C)(C)[C@H](c1cc(Cl)ccc1Cl)N1CCNCC1.Cl.Cl. The molecule has 1 atom stereocenters. The van der Waals surface area contributed by atoms with E-state index in [0.29, 0.717) is 6.04 Å². The molecule has 0 amide bonds. The van der Waals surface area contributed by atoms with Crippen LogP contribution in [0.1, 0.15) is 32.4 Å². The first-order valence-corrected chi connectivity index (χ1v) is 7.55. The Balaban J connectivity index is 0.00000200. The highest BCUT2D eigenvalue weighted by molar-refractivity contribution is 6.33. The minimum absolute atomic E-state index is 0. The highest BCUT2D eigenvalue weighted by Crippen LogP contribution is 2.41. The van der Waals surface area contributed by atoms with E-state index in [9.17, 15) is 0 Å². The number of halogens is 4. The Bertz CT molecular complexity index is 440. The fourth-order valence-electron chi connectivity index (χ4n) is 2.88. The Morgan fingerprint density at radius 3 is 2.19 bits per heavy atom. The van der Waals surface area contributed by atoms with Gasteiger partial charge in [-0.15, -0.1) is 24.8 Å². The van der Waals surface area contributed by atoms with Crippen LogP contribution in [0.25, 0.3) is 0 Å². The van der Waals surface area contributed by atoms with Gasteiger partial charge >= 0.3 is 0 Å². The van der Waals surface area contributed by atoms with Crippen molar-refractivity contribution in [2.45, 2.75) is 26.8 Å². The van der Waals surface area contributed by atoms with Crippen LogP contribution in [-0.4, -0.2) is 31.1 Å². The Morgan fingerprint density at radius 1 is 1.10 bits per heavy atom. The van der Waals surface area contributed by atoms with Crippen molar-refractivity contribution >= 4 is 48.0 Å². The topological polar surface area (TPSA) is 15.3 Å². The second kappa shape index (κ2) is 8.81. The van der Waals surface area contributed by atoms with Crippen LogP contribution in [-0.2, 0) is 0 Å². The molecule has 0 bridgehead atoms. The number of piperazine rings is 1. The van der Waals surface area contributed by atoms with E-state index in [1.807, 2.05) is 18.2 Å². The van der Waals surface area contributed by atoms with Gasteiger partial charge in [0.05, 0.1) is 0 Å². The van der Waals surface area contributed by atoms with Gasteiger partial charge in [0.1, 0.15) is 0 Å². The number of benzene rings is 1. The molecule has 122 valence electrons. The van der Waals surface area contributed by atoms with Gasteiger partial charge in [0.2, 0.25) is 0 Å². The summed E-state index contributed by atoms with van der Waals surface area (Å²) in [4.78, 5) is 2.51. The maximum atomic E-state index is 6.42. The van der Waals surface area contributed by atoms with E-state index < -0.39 is 0 Å². The third-order valence-electron chi connectivity index (χ3n) is 3.59. The van der Waals surface area contributed by atoms with Gasteiger partial charge in [0, 0.05) is 42.3 Å². The zero-order valence-corrected chi connectivity index (χ0v) is 15.8. The van der Waals surface area contributed by atoms with Gasteiger partial charge in [-0.2, -0.15) is 0 Å². The predicted molar refractivity (Wildman–Crippen MR) is 97.6 cm³/mol. The number of hydrogen-bond acceptors (Lipinski definition) is 2. The molecule has 0 unspecified atom stereocenters. The smallest absolute Gasteiger partial charge is 0.0455 e. The van der Waals surface area contributed by atoms with Crippen LogP contribution in [0.5, 0.6) is 0 Å². The Labute approximate surface area is 150 Å². The van der Waals surface area contributed by atoms with Gasteiger partial charge < -0.3 is 5.32 Å². The molecule has 1 saturated heterocycles. The van der Waals surface area contributed by atoms with Gasteiger partial charge in [-0.3, -0.25) is 4.90 Å². The van der Waals surface area contributed by atoms with Crippen LogP contribution in [0, 0.1) is 5.41 Å². The van der Waals surface area contributed by atoms with E-state index in [4.69, 9.17) is 23.2 Å². The van der Waals surface area contributed by atoms with Crippen LogP contribution < -0.4 is 5.32 Å². The lowest BCUT2D eigenvalue weighted by molar-refractivity contribution is 0.0863. The maximum absolute atomic E-state index is 6.42. The second-order valence-corrected chi connectivity index (χ2v) is 7.06. The van der Waals surface area contributed by atoms with Crippen molar-refractivity contribution in [1.29, 1.82) is 0 Å².